The molecule has 0 unspecified atom stereocenters. The van der Waals surface area contributed by atoms with Crippen LogP contribution in [0.2, 0.25) is 0 Å². The number of nitrogens with one attached hydrogen (secondary N) is 4. The molecule has 1 amide bonds. The van der Waals surface area contributed by atoms with E-state index >= 15 is 0 Å². The van der Waals surface area contributed by atoms with Gasteiger partial charge in [-0.05, 0) is 92.2 Å². The second-order valence-corrected chi connectivity index (χ2v) is 13.4. The van der Waals surface area contributed by atoms with Crippen LogP contribution in [0, 0.1) is 0 Å². The van der Waals surface area contributed by atoms with Gasteiger partial charge in [0.25, 0.3) is 0 Å². The highest BCUT2D eigenvalue weighted by Crippen LogP contribution is 2.29. The molecule has 5 aromatic rings. The lowest BCUT2D eigenvalue weighted by Gasteiger charge is -2.31. The molecular weight excluding hydrogens is 654 g/mol. The Morgan fingerprint density at radius 3 is 2.44 bits per heavy atom. The summed E-state index contributed by atoms with van der Waals surface area (Å²) < 4.78 is 5.80. The Morgan fingerprint density at radius 2 is 1.63 bits per heavy atom. The van der Waals surface area contributed by atoms with Crippen molar-refractivity contribution in [3.8, 4) is 16.9 Å². The van der Waals surface area contributed by atoms with E-state index in [1.54, 1.807) is 12.1 Å². The first-order chi connectivity index (χ1) is 25.4. The fourth-order valence-electron chi connectivity index (χ4n) is 6.79. The van der Waals surface area contributed by atoms with Crippen LogP contribution >= 0.6 is 0 Å². The number of likely N-dealkylation sites (tertiary alicyclic amines) is 1. The number of rotatable bonds is 16. The second-order valence-electron chi connectivity index (χ2n) is 13.4. The van der Waals surface area contributed by atoms with Crippen LogP contribution in [0.5, 0.6) is 5.75 Å². The minimum atomic E-state index is -0.775. The average molecular weight is 704 g/mol. The van der Waals surface area contributed by atoms with Crippen LogP contribution < -0.4 is 21.5 Å². The number of amides is 1. The Hall–Kier alpha value is -5.16. The summed E-state index contributed by atoms with van der Waals surface area (Å²) in [5.41, 5.74) is 5.79. The number of phenolic OH excluding ortho intramolecular Hbond substituents is 1. The lowest BCUT2D eigenvalue weighted by atomic mass is 10.0. The van der Waals surface area contributed by atoms with Gasteiger partial charge in [-0.2, -0.15) is 0 Å². The standard InChI is InChI=1S/C42H49N5O5/c48-38-19-17-35(36-18-20-40(50)46-41(36)38)39(49)29-43-25-21-30-13-15-32(16-14-30)44-24-7-2-8-26-47-27-22-33(23-28-47)52-42(51)45-37-12-6-5-11-34(37)31-9-3-1-4-10-31/h1,3-6,9-20,33,39,43-44,48-49H,2,7-8,21-29H2,(H,45,51)(H,46,50)/t39-/m1/s1. The molecule has 2 heterocycles. The van der Waals surface area contributed by atoms with Crippen molar-refractivity contribution in [2.24, 2.45) is 0 Å². The summed E-state index contributed by atoms with van der Waals surface area (Å²) in [6.45, 7) is 4.94. The first-order valence-corrected chi connectivity index (χ1v) is 18.3. The topological polar surface area (TPSA) is 139 Å². The predicted octanol–water partition coefficient (Wildman–Crippen LogP) is 7.06. The molecule has 1 saturated heterocycles. The van der Waals surface area contributed by atoms with Crippen LogP contribution in [-0.4, -0.2) is 71.6 Å². The summed E-state index contributed by atoms with van der Waals surface area (Å²) >= 11 is 0. The van der Waals surface area contributed by atoms with Crippen LogP contribution in [0.3, 0.4) is 0 Å². The van der Waals surface area contributed by atoms with Crippen molar-refractivity contribution in [2.45, 2.75) is 50.7 Å². The van der Waals surface area contributed by atoms with Gasteiger partial charge < -0.3 is 35.5 Å². The molecule has 10 heteroatoms. The zero-order chi connectivity index (χ0) is 36.1. The molecule has 10 nitrogen and oxygen atoms in total. The number of aliphatic hydroxyl groups is 1. The maximum atomic E-state index is 12.7. The summed E-state index contributed by atoms with van der Waals surface area (Å²) in [7, 11) is 0. The highest BCUT2D eigenvalue weighted by atomic mass is 16.6. The van der Waals surface area contributed by atoms with Crippen molar-refractivity contribution < 1.29 is 19.7 Å². The molecule has 4 aromatic carbocycles. The molecule has 0 bridgehead atoms. The molecule has 6 rings (SSSR count). The van der Waals surface area contributed by atoms with Gasteiger partial charge >= 0.3 is 6.09 Å². The van der Waals surface area contributed by atoms with E-state index in [2.05, 4.69) is 50.1 Å². The molecule has 6 N–H and O–H groups in total. The number of nitrogens with zero attached hydrogens (tertiary/aromatic N) is 1. The number of hydrogen-bond donors (Lipinski definition) is 6. The first kappa shape index (κ1) is 36.6. The van der Waals surface area contributed by atoms with Crippen LogP contribution in [-0.2, 0) is 11.2 Å². The van der Waals surface area contributed by atoms with Gasteiger partial charge in [0.1, 0.15) is 11.9 Å². The molecular formula is C42H49N5O5. The zero-order valence-corrected chi connectivity index (χ0v) is 29.5. The third kappa shape index (κ3) is 10.2. The van der Waals surface area contributed by atoms with E-state index < -0.39 is 12.2 Å². The SMILES string of the molecule is O=C(Nc1ccccc1-c1ccccc1)OC1CCN(CCCCCNc2ccc(CCNC[C@@H](O)c3ccc(O)c4[nH]c(=O)ccc34)cc2)CC1. The van der Waals surface area contributed by atoms with E-state index in [4.69, 9.17) is 4.74 Å². The summed E-state index contributed by atoms with van der Waals surface area (Å²) in [6, 6.07) is 32.5. The van der Waals surface area contributed by atoms with Crippen molar-refractivity contribution >= 4 is 28.4 Å². The maximum absolute atomic E-state index is 12.7. The minimum Gasteiger partial charge on any atom is -0.506 e. The average Bonchev–Trinajstić information content (AvgIpc) is 3.17. The third-order valence-corrected chi connectivity index (χ3v) is 9.69. The summed E-state index contributed by atoms with van der Waals surface area (Å²) in [6.07, 6.45) is 4.70. The second kappa shape index (κ2) is 18.4. The Balaban J connectivity index is 0.810. The van der Waals surface area contributed by atoms with Crippen molar-refractivity contribution in [2.75, 3.05) is 49.9 Å². The number of phenols is 1. The van der Waals surface area contributed by atoms with Gasteiger partial charge in [-0.15, -0.1) is 0 Å². The van der Waals surface area contributed by atoms with E-state index in [0.717, 1.165) is 87.2 Å². The number of unbranched alkanes of at least 4 members (excludes halogenated alkanes) is 2. The zero-order valence-electron chi connectivity index (χ0n) is 29.5. The van der Waals surface area contributed by atoms with E-state index in [9.17, 15) is 19.8 Å². The number of anilines is 2. The van der Waals surface area contributed by atoms with Gasteiger partial charge in [-0.1, -0.05) is 73.2 Å². The van der Waals surface area contributed by atoms with E-state index in [-0.39, 0.29) is 17.4 Å². The molecule has 52 heavy (non-hydrogen) atoms. The number of ether oxygens (including phenoxy) is 1. The Kier molecular flexibility index (Phi) is 12.9. The number of para-hydroxylation sites is 1. The molecule has 1 aliphatic heterocycles. The number of carbonyl (C=O) groups excluding carboxylic acids is 1. The summed E-state index contributed by atoms with van der Waals surface area (Å²) in [5, 5.41) is 31.3. The fraction of sp³-hybridized carbons (Fsp3) is 0.333. The number of hydrogen-bond acceptors (Lipinski definition) is 8. The number of carbonyl (C=O) groups is 1. The maximum Gasteiger partial charge on any atom is 0.411 e. The lowest BCUT2D eigenvalue weighted by molar-refractivity contribution is 0.0585. The van der Waals surface area contributed by atoms with Crippen LogP contribution in [0.15, 0.2) is 108 Å². The lowest BCUT2D eigenvalue weighted by Crippen LogP contribution is -2.38. The number of benzene rings is 4. The largest absolute Gasteiger partial charge is 0.506 e. The molecule has 0 saturated carbocycles. The third-order valence-electron chi connectivity index (χ3n) is 9.69. The van der Waals surface area contributed by atoms with E-state index in [0.29, 0.717) is 29.6 Å². The Labute approximate surface area is 304 Å². The number of aromatic nitrogens is 1. The number of aliphatic hydroxyl groups excluding tert-OH is 1. The number of fused-ring (bicyclic) bond motifs is 1. The molecule has 1 aliphatic rings. The number of aromatic hydroxyl groups is 1. The van der Waals surface area contributed by atoms with Crippen LogP contribution in [0.25, 0.3) is 22.0 Å². The fourth-order valence-corrected chi connectivity index (χ4v) is 6.79. The van der Waals surface area contributed by atoms with Crippen LogP contribution in [0.4, 0.5) is 16.2 Å². The van der Waals surface area contributed by atoms with E-state index in [1.165, 1.54) is 17.7 Å². The summed E-state index contributed by atoms with van der Waals surface area (Å²) in [4.78, 5) is 29.5. The van der Waals surface area contributed by atoms with Crippen molar-refractivity contribution in [1.82, 2.24) is 15.2 Å². The van der Waals surface area contributed by atoms with Crippen LogP contribution in [0.1, 0.15) is 49.3 Å². The highest BCUT2D eigenvalue weighted by molar-refractivity contribution is 5.91. The molecule has 1 aromatic heterocycles. The molecule has 1 atom stereocenters. The number of pyridine rings is 1. The normalized spacial score (nSPS) is 14.2. The Bertz CT molecular complexity index is 1940. The number of H-pyrrole nitrogens is 1. The monoisotopic (exact) mass is 703 g/mol. The van der Waals surface area contributed by atoms with Gasteiger partial charge in [0, 0.05) is 48.9 Å². The van der Waals surface area contributed by atoms with Crippen molar-refractivity contribution in [1.29, 1.82) is 0 Å². The van der Waals surface area contributed by atoms with Crippen molar-refractivity contribution in [3.63, 3.8) is 0 Å². The number of piperidine rings is 1. The number of aromatic amines is 1. The molecule has 0 spiro atoms. The van der Waals surface area contributed by atoms with Gasteiger partial charge in [0.15, 0.2) is 0 Å². The van der Waals surface area contributed by atoms with Gasteiger partial charge in [0.05, 0.1) is 17.3 Å². The molecule has 0 radical (unpaired) electrons. The molecule has 0 aliphatic carbocycles. The van der Waals surface area contributed by atoms with E-state index in [1.807, 2.05) is 54.6 Å². The van der Waals surface area contributed by atoms with Gasteiger partial charge in [0.2, 0.25) is 5.56 Å². The molecule has 1 fully saturated rings. The minimum absolute atomic E-state index is 0.0177. The van der Waals surface area contributed by atoms with Gasteiger partial charge in [-0.25, -0.2) is 4.79 Å². The first-order valence-electron chi connectivity index (χ1n) is 18.3. The quantitative estimate of drug-likeness (QED) is 0.0601. The smallest absolute Gasteiger partial charge is 0.411 e. The summed E-state index contributed by atoms with van der Waals surface area (Å²) in [5.74, 6) is -0.0177. The molecule has 272 valence electrons. The highest BCUT2D eigenvalue weighted by Gasteiger charge is 2.22. The predicted molar refractivity (Wildman–Crippen MR) is 208 cm³/mol. The Morgan fingerprint density at radius 1 is 0.865 bits per heavy atom. The van der Waals surface area contributed by atoms with Gasteiger partial charge in [-0.3, -0.25) is 10.1 Å². The van der Waals surface area contributed by atoms with Crippen molar-refractivity contribution in [3.05, 3.63) is 125 Å².